The second kappa shape index (κ2) is 6.01. The molecular weight excluding hydrogens is 288 g/mol. The summed E-state index contributed by atoms with van der Waals surface area (Å²) in [6.07, 6.45) is -0.720. The second-order valence-electron chi connectivity index (χ2n) is 4.98. The molecule has 6 heteroatoms. The fourth-order valence-electron chi connectivity index (χ4n) is 2.46. The van der Waals surface area contributed by atoms with Gasteiger partial charge in [0.2, 0.25) is 0 Å². The number of fused-ring (bicyclic) bond motifs is 1. The number of hydrogen-bond donors (Lipinski definition) is 2. The number of nitrogens with two attached hydrogens (primary N) is 1. The first-order valence-electron chi connectivity index (χ1n) is 6.88. The van der Waals surface area contributed by atoms with Crippen LogP contribution in [0.4, 0.5) is 0 Å². The fourth-order valence-corrected chi connectivity index (χ4v) is 3.10. The summed E-state index contributed by atoms with van der Waals surface area (Å²) in [5, 5.41) is 13.4. The van der Waals surface area contributed by atoms with Crippen LogP contribution in [0.2, 0.25) is 0 Å². The van der Waals surface area contributed by atoms with Gasteiger partial charge in [0.05, 0.1) is 10.7 Å². The van der Waals surface area contributed by atoms with E-state index >= 15 is 0 Å². The molecule has 112 valence electrons. The average Bonchev–Trinajstić information content (AvgIpc) is 2.94. The minimum absolute atomic E-state index is 0.220. The Hall–Kier alpha value is -1.63. The van der Waals surface area contributed by atoms with Crippen molar-refractivity contribution in [1.82, 2.24) is 4.98 Å². The van der Waals surface area contributed by atoms with Crippen LogP contribution in [0.3, 0.4) is 0 Å². The zero-order valence-electron chi connectivity index (χ0n) is 11.8. The zero-order chi connectivity index (χ0) is 14.8. The van der Waals surface area contributed by atoms with Crippen molar-refractivity contribution in [2.45, 2.75) is 18.9 Å². The van der Waals surface area contributed by atoms with Gasteiger partial charge in [0.1, 0.15) is 19.3 Å². The Morgan fingerprint density at radius 2 is 2.10 bits per heavy atom. The van der Waals surface area contributed by atoms with E-state index in [9.17, 15) is 5.11 Å². The van der Waals surface area contributed by atoms with Crippen molar-refractivity contribution < 1.29 is 14.6 Å². The Balaban J connectivity index is 1.89. The minimum atomic E-state index is -0.720. The molecule has 3 N–H and O–H groups in total. The Kier molecular flexibility index (Phi) is 4.10. The topological polar surface area (TPSA) is 77.6 Å². The van der Waals surface area contributed by atoms with E-state index in [0.29, 0.717) is 31.2 Å². The molecule has 1 aliphatic rings. The first kappa shape index (κ1) is 14.3. The highest BCUT2D eigenvalue weighted by atomic mass is 32.1. The predicted octanol–water partition coefficient (Wildman–Crippen LogP) is 2.00. The number of aromatic nitrogens is 1. The van der Waals surface area contributed by atoms with Crippen LogP contribution in [0.25, 0.3) is 0 Å². The maximum atomic E-state index is 10.5. The lowest BCUT2D eigenvalue weighted by Crippen LogP contribution is -2.21. The van der Waals surface area contributed by atoms with Gasteiger partial charge >= 0.3 is 0 Å². The molecule has 0 saturated heterocycles. The van der Waals surface area contributed by atoms with Gasteiger partial charge in [-0.3, -0.25) is 0 Å². The molecule has 0 amide bonds. The smallest absolute Gasteiger partial charge is 0.161 e. The molecule has 2 heterocycles. The van der Waals surface area contributed by atoms with Gasteiger partial charge in [0.25, 0.3) is 0 Å². The number of nitrogens with zero attached hydrogens (tertiary/aromatic N) is 1. The van der Waals surface area contributed by atoms with E-state index in [0.717, 1.165) is 16.3 Å². The number of ether oxygens (including phenoxy) is 2. The van der Waals surface area contributed by atoms with Gasteiger partial charge in [0.15, 0.2) is 11.5 Å². The monoisotopic (exact) mass is 306 g/mol. The molecule has 1 aromatic heterocycles. The summed E-state index contributed by atoms with van der Waals surface area (Å²) in [5.41, 5.74) is 7.47. The van der Waals surface area contributed by atoms with Gasteiger partial charge in [0, 0.05) is 17.8 Å². The first-order valence-corrected chi connectivity index (χ1v) is 7.76. The molecule has 3 rings (SSSR count). The molecule has 5 nitrogen and oxygen atoms in total. The lowest BCUT2D eigenvalue weighted by Gasteiger charge is -2.24. The summed E-state index contributed by atoms with van der Waals surface area (Å²) in [7, 11) is 0. The molecule has 0 spiro atoms. The largest absolute Gasteiger partial charge is 0.486 e. The van der Waals surface area contributed by atoms with Gasteiger partial charge in [-0.25, -0.2) is 4.98 Å². The van der Waals surface area contributed by atoms with Crippen LogP contribution in [0.15, 0.2) is 23.6 Å². The van der Waals surface area contributed by atoms with E-state index in [1.165, 1.54) is 11.3 Å². The van der Waals surface area contributed by atoms with E-state index in [1.54, 1.807) is 0 Å². The lowest BCUT2D eigenvalue weighted by molar-refractivity contribution is 0.142. The summed E-state index contributed by atoms with van der Waals surface area (Å²) < 4.78 is 11.1. The van der Waals surface area contributed by atoms with Crippen molar-refractivity contribution in [3.8, 4) is 11.5 Å². The average molecular weight is 306 g/mol. The second-order valence-corrected chi connectivity index (χ2v) is 6.04. The van der Waals surface area contributed by atoms with Crippen LogP contribution in [0.5, 0.6) is 11.5 Å². The number of aryl methyl sites for hydroxylation is 1. The summed E-state index contributed by atoms with van der Waals surface area (Å²) in [5.74, 6) is 1.22. The van der Waals surface area contributed by atoms with Crippen molar-refractivity contribution in [3.05, 3.63) is 39.8 Å². The van der Waals surface area contributed by atoms with Crippen molar-refractivity contribution in [3.63, 3.8) is 0 Å². The van der Waals surface area contributed by atoms with Crippen molar-refractivity contribution in [1.29, 1.82) is 0 Å². The molecule has 0 saturated carbocycles. The first-order chi connectivity index (χ1) is 10.2. The Morgan fingerprint density at radius 3 is 2.76 bits per heavy atom. The van der Waals surface area contributed by atoms with Crippen molar-refractivity contribution in [2.75, 3.05) is 19.8 Å². The molecule has 0 fully saturated rings. The highest BCUT2D eigenvalue weighted by molar-refractivity contribution is 7.09. The third-order valence-electron chi connectivity index (χ3n) is 3.57. The van der Waals surface area contributed by atoms with E-state index < -0.39 is 6.10 Å². The highest BCUT2D eigenvalue weighted by Gasteiger charge is 2.25. The Bertz CT molecular complexity index is 629. The molecule has 1 aliphatic heterocycles. The zero-order valence-corrected chi connectivity index (χ0v) is 12.6. The van der Waals surface area contributed by atoms with Gasteiger partial charge in [-0.05, 0) is 24.6 Å². The minimum Gasteiger partial charge on any atom is -0.486 e. The highest BCUT2D eigenvalue weighted by Crippen LogP contribution is 2.37. The Labute approximate surface area is 127 Å². The van der Waals surface area contributed by atoms with Gasteiger partial charge in [-0.1, -0.05) is 6.07 Å². The van der Waals surface area contributed by atoms with Crippen LogP contribution >= 0.6 is 11.3 Å². The molecule has 0 aliphatic carbocycles. The van der Waals surface area contributed by atoms with Gasteiger partial charge in [-0.2, -0.15) is 0 Å². The summed E-state index contributed by atoms with van der Waals surface area (Å²) in [6, 6.07) is 5.69. The molecule has 1 aromatic carbocycles. The lowest BCUT2D eigenvalue weighted by atomic mass is 9.91. The predicted molar refractivity (Wildman–Crippen MR) is 81.0 cm³/mol. The van der Waals surface area contributed by atoms with Gasteiger partial charge < -0.3 is 20.3 Å². The number of rotatable bonds is 4. The molecular formula is C15H18N2O3S. The van der Waals surface area contributed by atoms with Gasteiger partial charge in [-0.15, -0.1) is 11.3 Å². The van der Waals surface area contributed by atoms with Crippen LogP contribution in [-0.2, 0) is 0 Å². The normalized spacial score (nSPS) is 16.5. The number of aliphatic hydroxyl groups is 1. The third-order valence-corrected chi connectivity index (χ3v) is 4.36. The molecule has 2 atom stereocenters. The van der Waals surface area contributed by atoms with Crippen LogP contribution in [-0.4, -0.2) is 29.8 Å². The molecule has 2 unspecified atom stereocenters. The number of hydrogen-bond acceptors (Lipinski definition) is 6. The quantitative estimate of drug-likeness (QED) is 0.903. The van der Waals surface area contributed by atoms with Crippen LogP contribution in [0.1, 0.15) is 28.3 Å². The number of aliphatic hydroxyl groups excluding tert-OH is 1. The van der Waals surface area contributed by atoms with Crippen molar-refractivity contribution in [2.24, 2.45) is 5.73 Å². The maximum absolute atomic E-state index is 10.5. The maximum Gasteiger partial charge on any atom is 0.161 e. The van der Waals surface area contributed by atoms with E-state index in [2.05, 4.69) is 4.98 Å². The fraction of sp³-hybridized carbons (Fsp3) is 0.400. The molecule has 0 bridgehead atoms. The molecule has 2 aromatic rings. The standard InChI is InChI=1S/C15H18N2O3S/c1-9-17-12(8-21-9)15(18)11(7-16)10-2-3-13-14(6-10)20-5-4-19-13/h2-3,6,8,11,15,18H,4-5,7,16H2,1H3. The van der Waals surface area contributed by atoms with E-state index in [1.807, 2.05) is 30.5 Å². The van der Waals surface area contributed by atoms with Crippen LogP contribution in [0, 0.1) is 6.92 Å². The molecule has 0 radical (unpaired) electrons. The van der Waals surface area contributed by atoms with Crippen molar-refractivity contribution >= 4 is 11.3 Å². The number of thiazole rings is 1. The third kappa shape index (κ3) is 2.88. The van der Waals surface area contributed by atoms with E-state index in [-0.39, 0.29) is 5.92 Å². The summed E-state index contributed by atoms with van der Waals surface area (Å²) in [4.78, 5) is 4.35. The Morgan fingerprint density at radius 1 is 1.33 bits per heavy atom. The van der Waals surface area contributed by atoms with Crippen LogP contribution < -0.4 is 15.2 Å². The van der Waals surface area contributed by atoms with E-state index in [4.69, 9.17) is 15.2 Å². The summed E-state index contributed by atoms with van der Waals surface area (Å²) >= 11 is 1.52. The number of benzene rings is 1. The molecule has 21 heavy (non-hydrogen) atoms. The summed E-state index contributed by atoms with van der Waals surface area (Å²) in [6.45, 7) is 3.35. The SMILES string of the molecule is Cc1nc(C(O)C(CN)c2ccc3c(c2)OCCO3)cs1.